The smallest absolute Gasteiger partial charge is 0.269 e. The lowest BCUT2D eigenvalue weighted by atomic mass is 10.2. The summed E-state index contributed by atoms with van der Waals surface area (Å²) in [5, 5.41) is 0. The van der Waals surface area contributed by atoms with Crippen LogP contribution >= 0.6 is 0 Å². The molecule has 0 saturated carbocycles. The van der Waals surface area contributed by atoms with Crippen molar-refractivity contribution in [2.24, 2.45) is 0 Å². The van der Waals surface area contributed by atoms with Crippen LogP contribution in [0, 0.1) is 0 Å². The van der Waals surface area contributed by atoms with Gasteiger partial charge in [0.25, 0.3) is 15.9 Å². The third kappa shape index (κ3) is 3.95. The van der Waals surface area contributed by atoms with E-state index >= 15 is 0 Å². The quantitative estimate of drug-likeness (QED) is 0.645. The molecule has 0 fully saturated rings. The van der Waals surface area contributed by atoms with Crippen molar-refractivity contribution in [2.75, 3.05) is 33.3 Å². The molecule has 0 bridgehead atoms. The molecule has 0 saturated heterocycles. The molecular weight excluding hydrogens is 392 g/mol. The van der Waals surface area contributed by atoms with Gasteiger partial charge in [-0.25, -0.2) is 12.7 Å². The molecule has 29 heavy (non-hydrogen) atoms. The third-order valence-electron chi connectivity index (χ3n) is 5.15. The van der Waals surface area contributed by atoms with Gasteiger partial charge in [-0.3, -0.25) is 4.79 Å². The number of rotatable bonds is 7. The van der Waals surface area contributed by atoms with Gasteiger partial charge >= 0.3 is 0 Å². The van der Waals surface area contributed by atoms with Crippen LogP contribution < -0.4 is 9.47 Å². The van der Waals surface area contributed by atoms with Crippen molar-refractivity contribution in [3.8, 4) is 11.5 Å². The number of fused-ring (bicyclic) bond motifs is 2. The summed E-state index contributed by atoms with van der Waals surface area (Å²) in [5.74, 6) is 1.10. The average molecular weight is 416 g/mol. The summed E-state index contributed by atoms with van der Waals surface area (Å²) < 4.78 is 37.8. The number of carbonyl (C=O) groups is 1. The number of hydrogen-bond donors (Lipinski definition) is 0. The summed E-state index contributed by atoms with van der Waals surface area (Å²) >= 11 is 0. The van der Waals surface area contributed by atoms with Crippen molar-refractivity contribution in [2.45, 2.75) is 23.8 Å². The second-order valence-electron chi connectivity index (χ2n) is 7.35. The fourth-order valence-corrected chi connectivity index (χ4v) is 5.29. The van der Waals surface area contributed by atoms with Gasteiger partial charge in [-0.15, -0.1) is 0 Å². The minimum atomic E-state index is -3.71. The molecule has 1 atom stereocenters. The number of benzene rings is 2. The number of sulfonamides is 1. The number of likely N-dealkylation sites (N-methyl/N-ethyl adjacent to an activating group) is 1. The highest BCUT2D eigenvalue weighted by Gasteiger charge is 2.40. The van der Waals surface area contributed by atoms with Crippen LogP contribution in [0.1, 0.15) is 23.2 Å². The summed E-state index contributed by atoms with van der Waals surface area (Å²) in [5.41, 5.74) is 0.263. The van der Waals surface area contributed by atoms with E-state index in [1.807, 2.05) is 31.3 Å². The van der Waals surface area contributed by atoms with E-state index in [1.54, 1.807) is 18.2 Å². The number of unbranched alkanes of at least 4 members (excludes halogenated alkanes) is 1. The van der Waals surface area contributed by atoms with Crippen LogP contribution in [0.15, 0.2) is 53.4 Å². The first kappa shape index (κ1) is 19.7. The molecule has 0 aromatic heterocycles. The molecule has 2 aliphatic heterocycles. The van der Waals surface area contributed by atoms with Crippen LogP contribution in [-0.2, 0) is 10.0 Å². The zero-order chi connectivity index (χ0) is 20.4. The number of para-hydroxylation sites is 2. The maximum atomic E-state index is 12.6. The molecule has 2 aliphatic rings. The predicted octanol–water partition coefficient (Wildman–Crippen LogP) is 2.38. The van der Waals surface area contributed by atoms with Gasteiger partial charge < -0.3 is 14.4 Å². The zero-order valence-corrected chi connectivity index (χ0v) is 17.1. The van der Waals surface area contributed by atoms with Gasteiger partial charge in [-0.05, 0) is 50.7 Å². The Kier molecular flexibility index (Phi) is 5.47. The lowest BCUT2D eigenvalue weighted by Gasteiger charge is -2.29. The maximum absolute atomic E-state index is 12.6. The minimum absolute atomic E-state index is 0.0510. The van der Waals surface area contributed by atoms with Gasteiger partial charge in [-0.1, -0.05) is 24.3 Å². The van der Waals surface area contributed by atoms with Crippen LogP contribution in [0.2, 0.25) is 0 Å². The van der Waals surface area contributed by atoms with Crippen molar-refractivity contribution in [1.82, 2.24) is 9.21 Å². The fraction of sp³-hybridized carbons (Fsp3) is 0.381. The summed E-state index contributed by atoms with van der Waals surface area (Å²) in [4.78, 5) is 14.7. The van der Waals surface area contributed by atoms with Crippen LogP contribution in [0.3, 0.4) is 0 Å². The van der Waals surface area contributed by atoms with Gasteiger partial charge in [-0.2, -0.15) is 0 Å². The molecule has 0 N–H and O–H groups in total. The highest BCUT2D eigenvalue weighted by atomic mass is 32.2. The van der Waals surface area contributed by atoms with Gasteiger partial charge in [0.2, 0.25) is 0 Å². The van der Waals surface area contributed by atoms with Crippen LogP contribution in [-0.4, -0.2) is 62.9 Å². The van der Waals surface area contributed by atoms with Crippen molar-refractivity contribution in [3.05, 3.63) is 54.1 Å². The molecule has 154 valence electrons. The Morgan fingerprint density at radius 2 is 1.79 bits per heavy atom. The van der Waals surface area contributed by atoms with Gasteiger partial charge in [0.15, 0.2) is 11.5 Å². The molecule has 0 aliphatic carbocycles. The van der Waals surface area contributed by atoms with Crippen LogP contribution in [0.4, 0.5) is 0 Å². The minimum Gasteiger partial charge on any atom is -0.486 e. The number of nitrogens with zero attached hydrogens (tertiary/aromatic N) is 2. The molecule has 7 nitrogen and oxygen atoms in total. The average Bonchev–Trinajstić information content (AvgIpc) is 2.91. The fourth-order valence-electron chi connectivity index (χ4n) is 3.68. The van der Waals surface area contributed by atoms with Crippen molar-refractivity contribution >= 4 is 15.9 Å². The Labute approximate surface area is 170 Å². The van der Waals surface area contributed by atoms with Crippen molar-refractivity contribution in [3.63, 3.8) is 0 Å². The van der Waals surface area contributed by atoms with Gasteiger partial charge in [0.05, 0.1) is 5.56 Å². The molecule has 8 heteroatoms. The first-order valence-corrected chi connectivity index (χ1v) is 11.1. The first-order valence-electron chi connectivity index (χ1n) is 9.70. The van der Waals surface area contributed by atoms with E-state index in [0.717, 1.165) is 28.8 Å². The van der Waals surface area contributed by atoms with E-state index in [4.69, 9.17) is 9.47 Å². The lowest BCUT2D eigenvalue weighted by Crippen LogP contribution is -2.39. The van der Waals surface area contributed by atoms with E-state index < -0.39 is 15.9 Å². The van der Waals surface area contributed by atoms with E-state index in [1.165, 1.54) is 6.07 Å². The van der Waals surface area contributed by atoms with Crippen LogP contribution in [0.25, 0.3) is 0 Å². The Morgan fingerprint density at radius 3 is 2.59 bits per heavy atom. The van der Waals surface area contributed by atoms with Gasteiger partial charge in [0.1, 0.15) is 17.6 Å². The molecule has 1 amide bonds. The summed E-state index contributed by atoms with van der Waals surface area (Å²) in [6.45, 7) is 2.18. The maximum Gasteiger partial charge on any atom is 0.269 e. The predicted molar refractivity (Wildman–Crippen MR) is 108 cm³/mol. The molecular formula is C21H24N2O5S. The topological polar surface area (TPSA) is 76.2 Å². The largest absolute Gasteiger partial charge is 0.486 e. The molecule has 2 aromatic carbocycles. The molecule has 0 radical (unpaired) electrons. The first-order chi connectivity index (χ1) is 14.0. The molecule has 0 spiro atoms. The highest BCUT2D eigenvalue weighted by Crippen LogP contribution is 2.31. The normalized spacial score (nSPS) is 19.4. The summed E-state index contributed by atoms with van der Waals surface area (Å²) in [6, 6.07) is 14.0. The monoisotopic (exact) mass is 416 g/mol. The number of amides is 1. The third-order valence-corrected chi connectivity index (χ3v) is 6.99. The zero-order valence-electron chi connectivity index (χ0n) is 16.3. The highest BCUT2D eigenvalue weighted by molar-refractivity contribution is 7.90. The van der Waals surface area contributed by atoms with E-state index in [0.29, 0.717) is 19.6 Å². The number of carbonyl (C=O) groups excluding carboxylic acids is 1. The van der Waals surface area contributed by atoms with E-state index in [2.05, 4.69) is 4.90 Å². The standard InChI is InChI=1S/C21H24N2O5S/c1-22(14-16-15-27-18-9-3-4-10-19(18)28-16)12-6-7-13-23-21(24)17-8-2-5-11-20(17)29(23,25)26/h2-5,8-11,16H,6-7,12-15H2,1H3/t16-/m0/s1. The van der Waals surface area contributed by atoms with E-state index in [9.17, 15) is 13.2 Å². The Bertz CT molecular complexity index is 1010. The summed E-state index contributed by atoms with van der Waals surface area (Å²) in [7, 11) is -1.72. The summed E-state index contributed by atoms with van der Waals surface area (Å²) in [6.07, 6.45) is 1.33. The van der Waals surface area contributed by atoms with Crippen LogP contribution in [0.5, 0.6) is 11.5 Å². The Balaban J connectivity index is 1.24. The Hall–Kier alpha value is -2.58. The number of hydrogen-bond acceptors (Lipinski definition) is 6. The second-order valence-corrected chi connectivity index (χ2v) is 9.18. The lowest BCUT2D eigenvalue weighted by molar-refractivity contribution is 0.0650. The van der Waals surface area contributed by atoms with Crippen molar-refractivity contribution in [1.29, 1.82) is 0 Å². The second kappa shape index (κ2) is 8.04. The molecule has 0 unspecified atom stereocenters. The van der Waals surface area contributed by atoms with E-state index in [-0.39, 0.29) is 23.1 Å². The SMILES string of the molecule is CN(CCCCN1C(=O)c2ccccc2S1(=O)=O)C[C@H]1COc2ccccc2O1. The Morgan fingerprint density at radius 1 is 1.07 bits per heavy atom. The van der Waals surface area contributed by atoms with Gasteiger partial charge in [0, 0.05) is 13.1 Å². The molecule has 4 rings (SSSR count). The molecule has 2 aromatic rings. The van der Waals surface area contributed by atoms with Crippen molar-refractivity contribution < 1.29 is 22.7 Å². The number of ether oxygens (including phenoxy) is 2. The molecule has 2 heterocycles.